The molecule has 0 heterocycles. The van der Waals surface area contributed by atoms with Gasteiger partial charge in [-0.1, -0.05) is 264 Å². The quantitative estimate of drug-likeness (QED) is 0.0261. The second-order valence-corrected chi connectivity index (χ2v) is 20.2. The number of allylic oxidation sites excluding steroid dienone is 22. The van der Waals surface area contributed by atoms with Gasteiger partial charge >= 0.3 is 17.9 Å². The number of hydrogen-bond donors (Lipinski definition) is 0. The summed E-state index contributed by atoms with van der Waals surface area (Å²) in [5.41, 5.74) is 0. The van der Waals surface area contributed by atoms with E-state index in [-0.39, 0.29) is 31.1 Å². The lowest BCUT2D eigenvalue weighted by atomic mass is 10.1. The van der Waals surface area contributed by atoms with Gasteiger partial charge in [-0.15, -0.1) is 0 Å². The minimum atomic E-state index is -0.789. The van der Waals surface area contributed by atoms with Gasteiger partial charge in [-0.3, -0.25) is 14.4 Å². The Morgan fingerprint density at radius 2 is 0.513 bits per heavy atom. The lowest BCUT2D eigenvalue weighted by Crippen LogP contribution is -2.30. The Kier molecular flexibility index (Phi) is 59.4. The summed E-state index contributed by atoms with van der Waals surface area (Å²) in [6.45, 7) is 6.42. The smallest absolute Gasteiger partial charge is 0.306 e. The summed E-state index contributed by atoms with van der Waals surface area (Å²) >= 11 is 0. The Bertz CT molecular complexity index is 1630. The fourth-order valence-corrected chi connectivity index (χ4v) is 8.23. The summed E-state index contributed by atoms with van der Waals surface area (Å²) in [6.07, 6.45) is 89.1. The molecule has 0 aliphatic carbocycles. The number of ether oxygens (including phenoxy) is 3. The summed E-state index contributed by atoms with van der Waals surface area (Å²) in [5.74, 6) is -0.921. The maximum atomic E-state index is 12.8. The van der Waals surface area contributed by atoms with E-state index in [4.69, 9.17) is 14.2 Å². The van der Waals surface area contributed by atoms with E-state index in [1.54, 1.807) is 0 Å². The van der Waals surface area contributed by atoms with Crippen LogP contribution in [0.3, 0.4) is 0 Å². The molecule has 0 aromatic carbocycles. The zero-order valence-corrected chi connectivity index (χ0v) is 49.2. The van der Waals surface area contributed by atoms with Crippen molar-refractivity contribution in [3.05, 3.63) is 134 Å². The van der Waals surface area contributed by atoms with Crippen LogP contribution < -0.4 is 0 Å². The van der Waals surface area contributed by atoms with Crippen molar-refractivity contribution in [1.29, 1.82) is 0 Å². The van der Waals surface area contributed by atoms with Crippen LogP contribution in [0.2, 0.25) is 0 Å². The van der Waals surface area contributed by atoms with E-state index in [2.05, 4.69) is 154 Å². The third-order valence-electron chi connectivity index (χ3n) is 12.9. The van der Waals surface area contributed by atoms with Crippen molar-refractivity contribution in [2.45, 2.75) is 277 Å². The van der Waals surface area contributed by atoms with Gasteiger partial charge in [0.2, 0.25) is 0 Å². The molecule has 6 heteroatoms. The van der Waals surface area contributed by atoms with Crippen LogP contribution in [-0.2, 0) is 28.6 Å². The van der Waals surface area contributed by atoms with E-state index in [0.717, 1.165) is 141 Å². The number of rotatable bonds is 55. The first-order valence-corrected chi connectivity index (χ1v) is 31.2. The largest absolute Gasteiger partial charge is 0.462 e. The molecule has 0 rings (SSSR count). The van der Waals surface area contributed by atoms with Crippen molar-refractivity contribution in [3.63, 3.8) is 0 Å². The molecule has 1 unspecified atom stereocenters. The molecule has 0 spiro atoms. The number of carbonyl (C=O) groups excluding carboxylic acids is 3. The highest BCUT2D eigenvalue weighted by Crippen LogP contribution is 2.14. The summed E-state index contributed by atoms with van der Waals surface area (Å²) in [6, 6.07) is 0. The van der Waals surface area contributed by atoms with Crippen LogP contribution >= 0.6 is 0 Å². The highest BCUT2D eigenvalue weighted by molar-refractivity contribution is 5.71. The lowest BCUT2D eigenvalue weighted by Gasteiger charge is -2.18. The molecule has 76 heavy (non-hydrogen) atoms. The predicted octanol–water partition coefficient (Wildman–Crippen LogP) is 21.4. The lowest BCUT2D eigenvalue weighted by molar-refractivity contribution is -0.167. The standard InChI is InChI=1S/C70H114O6/c1-4-7-10-13-16-18-20-22-24-26-28-29-30-31-32-33-34-35-36-37-38-39-40-41-43-44-46-48-50-52-54-57-60-63-69(72)75-66-67(65-74-68(71)62-59-56-15-12-9-6-3)76-70(73)64-61-58-55-53-51-49-47-45-42-27-25-23-21-19-17-14-11-8-5-2/h7,10,16-19,22-25,28-29,31-32,34-35,37-38,40-42,45,67H,4-6,8-9,11-15,20-21,26-27,30,33,36,39,43-44,46-66H2,1-3H3/b10-7-,18-16-,19-17-,24-22-,25-23-,29-28-,32-31-,35-34-,38-37-,41-40-,45-42-. The molecule has 0 aliphatic rings. The van der Waals surface area contributed by atoms with Crippen LogP contribution in [0.15, 0.2) is 134 Å². The molecule has 0 fully saturated rings. The van der Waals surface area contributed by atoms with E-state index in [0.29, 0.717) is 19.3 Å². The van der Waals surface area contributed by atoms with Crippen LogP contribution in [-0.4, -0.2) is 37.2 Å². The molecule has 0 aromatic heterocycles. The zero-order valence-electron chi connectivity index (χ0n) is 49.2. The fraction of sp³-hybridized carbons (Fsp3) is 0.643. The van der Waals surface area contributed by atoms with Gasteiger partial charge in [-0.25, -0.2) is 0 Å². The average molecular weight is 1050 g/mol. The van der Waals surface area contributed by atoms with Gasteiger partial charge in [0.1, 0.15) is 13.2 Å². The number of carbonyl (C=O) groups is 3. The highest BCUT2D eigenvalue weighted by Gasteiger charge is 2.19. The van der Waals surface area contributed by atoms with E-state index in [1.165, 1.54) is 89.9 Å². The third kappa shape index (κ3) is 60.4. The molecule has 0 saturated carbocycles. The third-order valence-corrected chi connectivity index (χ3v) is 12.9. The van der Waals surface area contributed by atoms with Crippen molar-refractivity contribution < 1.29 is 28.6 Å². The Morgan fingerprint density at radius 1 is 0.276 bits per heavy atom. The van der Waals surface area contributed by atoms with E-state index in [9.17, 15) is 14.4 Å². The first-order chi connectivity index (χ1) is 37.5. The Hall–Kier alpha value is -4.45. The molecule has 0 amide bonds. The van der Waals surface area contributed by atoms with E-state index < -0.39 is 6.10 Å². The zero-order chi connectivity index (χ0) is 55.0. The van der Waals surface area contributed by atoms with Crippen LogP contribution in [0.5, 0.6) is 0 Å². The minimum absolute atomic E-state index is 0.0884. The first-order valence-electron chi connectivity index (χ1n) is 31.2. The van der Waals surface area contributed by atoms with Crippen LogP contribution in [0.25, 0.3) is 0 Å². The van der Waals surface area contributed by atoms with Gasteiger partial charge in [-0.2, -0.15) is 0 Å². The summed E-state index contributed by atoms with van der Waals surface area (Å²) in [4.78, 5) is 38.0. The first kappa shape index (κ1) is 71.5. The van der Waals surface area contributed by atoms with Gasteiger partial charge < -0.3 is 14.2 Å². The van der Waals surface area contributed by atoms with Crippen molar-refractivity contribution in [1.82, 2.24) is 0 Å². The predicted molar refractivity (Wildman–Crippen MR) is 329 cm³/mol. The van der Waals surface area contributed by atoms with Crippen molar-refractivity contribution in [2.24, 2.45) is 0 Å². The van der Waals surface area contributed by atoms with Gasteiger partial charge in [0.25, 0.3) is 0 Å². The SMILES string of the molecule is CC/C=C\C/C=C\C/C=C\C/C=C\C/C=C\C/C=C\C/C=C\C/C=C\CCCCCCCCCCC(=O)OCC(COC(=O)CCCCCCCC)OC(=O)CCCCCCCC/C=C\C/C=C\C/C=C\CCCCC. The Labute approximate surface area is 468 Å². The van der Waals surface area contributed by atoms with E-state index >= 15 is 0 Å². The second-order valence-electron chi connectivity index (χ2n) is 20.2. The van der Waals surface area contributed by atoms with Crippen LogP contribution in [0.4, 0.5) is 0 Å². The maximum absolute atomic E-state index is 12.8. The van der Waals surface area contributed by atoms with Crippen molar-refractivity contribution in [2.75, 3.05) is 13.2 Å². The van der Waals surface area contributed by atoms with Gasteiger partial charge in [0.15, 0.2) is 6.10 Å². The molecular weight excluding hydrogens is 937 g/mol. The van der Waals surface area contributed by atoms with Crippen molar-refractivity contribution >= 4 is 17.9 Å². The molecule has 0 aliphatic heterocycles. The molecule has 430 valence electrons. The molecule has 0 bridgehead atoms. The number of esters is 3. The minimum Gasteiger partial charge on any atom is -0.462 e. The van der Waals surface area contributed by atoms with Crippen molar-refractivity contribution in [3.8, 4) is 0 Å². The van der Waals surface area contributed by atoms with E-state index in [1.807, 2.05) is 0 Å². The molecule has 0 N–H and O–H groups in total. The van der Waals surface area contributed by atoms with Gasteiger partial charge in [0.05, 0.1) is 0 Å². The molecular formula is C70H114O6. The average Bonchev–Trinajstić information content (AvgIpc) is 3.42. The number of hydrogen-bond acceptors (Lipinski definition) is 6. The second kappa shape index (κ2) is 63.1. The summed E-state index contributed by atoms with van der Waals surface area (Å²) < 4.78 is 16.8. The molecule has 6 nitrogen and oxygen atoms in total. The molecule has 0 aromatic rings. The van der Waals surface area contributed by atoms with Crippen LogP contribution in [0, 0.1) is 0 Å². The fourth-order valence-electron chi connectivity index (χ4n) is 8.23. The van der Waals surface area contributed by atoms with Gasteiger partial charge in [0, 0.05) is 19.3 Å². The Morgan fingerprint density at radius 3 is 0.829 bits per heavy atom. The molecule has 0 saturated heterocycles. The summed E-state index contributed by atoms with van der Waals surface area (Å²) in [7, 11) is 0. The summed E-state index contributed by atoms with van der Waals surface area (Å²) in [5, 5.41) is 0. The molecule has 1 atom stereocenters. The normalized spacial score (nSPS) is 13.0. The number of unbranched alkanes of at least 4 members (excludes halogenated alkanes) is 22. The maximum Gasteiger partial charge on any atom is 0.306 e. The topological polar surface area (TPSA) is 78.9 Å². The van der Waals surface area contributed by atoms with Gasteiger partial charge in [-0.05, 0) is 122 Å². The molecule has 0 radical (unpaired) electrons. The van der Waals surface area contributed by atoms with Crippen LogP contribution in [0.1, 0.15) is 271 Å². The highest BCUT2D eigenvalue weighted by atomic mass is 16.6. The Balaban J connectivity index is 4.15. The monoisotopic (exact) mass is 1050 g/mol.